The van der Waals surface area contributed by atoms with Crippen molar-refractivity contribution < 1.29 is 18.0 Å². The SMILES string of the molecule is CC(C)S(=O)(=O)c1ccc(C(=O)Nc2sc3c(c2C(N)=O)CC[C@H](C)C3)cc1. The van der Waals surface area contributed by atoms with Gasteiger partial charge in [0.25, 0.3) is 11.8 Å². The van der Waals surface area contributed by atoms with Crippen molar-refractivity contribution >= 4 is 38.0 Å². The van der Waals surface area contributed by atoms with E-state index in [1.807, 2.05) is 0 Å². The van der Waals surface area contributed by atoms with Gasteiger partial charge in [-0.25, -0.2) is 8.42 Å². The third kappa shape index (κ3) is 3.84. The number of benzene rings is 1. The summed E-state index contributed by atoms with van der Waals surface area (Å²) in [5.41, 5.74) is 7.25. The Morgan fingerprint density at radius 2 is 1.86 bits per heavy atom. The van der Waals surface area contributed by atoms with E-state index in [4.69, 9.17) is 5.73 Å². The van der Waals surface area contributed by atoms with Crippen LogP contribution in [0.15, 0.2) is 29.2 Å². The molecular weight excluding hydrogens is 396 g/mol. The number of nitrogens with two attached hydrogens (primary N) is 1. The molecule has 0 spiro atoms. The van der Waals surface area contributed by atoms with Crippen LogP contribution in [-0.4, -0.2) is 25.5 Å². The molecule has 1 aromatic heterocycles. The standard InChI is InChI=1S/C20H24N2O4S2/c1-11(2)28(25,26)14-7-5-13(6-8-14)19(24)22-20-17(18(21)23)15-9-4-12(3)10-16(15)27-20/h5-8,11-12H,4,9-10H2,1-3H3,(H2,21,23)(H,22,24)/t12-/m0/s1. The number of primary amides is 1. The average molecular weight is 421 g/mol. The molecule has 0 aliphatic heterocycles. The maximum Gasteiger partial charge on any atom is 0.256 e. The number of anilines is 1. The van der Waals surface area contributed by atoms with Gasteiger partial charge >= 0.3 is 0 Å². The van der Waals surface area contributed by atoms with Crippen molar-refractivity contribution in [3.05, 3.63) is 45.8 Å². The lowest BCUT2D eigenvalue weighted by Crippen LogP contribution is -2.19. The highest BCUT2D eigenvalue weighted by molar-refractivity contribution is 7.92. The number of sulfone groups is 1. The van der Waals surface area contributed by atoms with Gasteiger partial charge in [-0.2, -0.15) is 0 Å². The van der Waals surface area contributed by atoms with E-state index in [0.717, 1.165) is 29.7 Å². The molecule has 1 atom stereocenters. The van der Waals surface area contributed by atoms with Gasteiger partial charge in [0, 0.05) is 10.4 Å². The summed E-state index contributed by atoms with van der Waals surface area (Å²) in [4.78, 5) is 25.9. The van der Waals surface area contributed by atoms with Gasteiger partial charge in [0.2, 0.25) is 0 Å². The quantitative estimate of drug-likeness (QED) is 0.773. The highest BCUT2D eigenvalue weighted by atomic mass is 32.2. The molecule has 0 unspecified atom stereocenters. The lowest BCUT2D eigenvalue weighted by Gasteiger charge is -2.18. The molecule has 2 aromatic rings. The molecular formula is C20H24N2O4S2. The van der Waals surface area contributed by atoms with Crippen molar-refractivity contribution in [3.8, 4) is 0 Å². The fourth-order valence-corrected chi connectivity index (χ4v) is 5.81. The Bertz CT molecular complexity index is 1020. The third-order valence-corrected chi connectivity index (χ3v) is 8.39. The minimum Gasteiger partial charge on any atom is -0.365 e. The number of thiophene rings is 1. The minimum absolute atomic E-state index is 0.178. The molecule has 0 saturated heterocycles. The Kier molecular flexibility index (Phi) is 5.63. The Balaban J connectivity index is 1.87. The van der Waals surface area contributed by atoms with Gasteiger partial charge in [-0.15, -0.1) is 11.3 Å². The first-order valence-electron chi connectivity index (χ1n) is 9.21. The van der Waals surface area contributed by atoms with Gasteiger partial charge in [0.05, 0.1) is 15.7 Å². The number of rotatable bonds is 5. The molecule has 1 aliphatic rings. The average Bonchev–Trinajstić information content (AvgIpc) is 2.98. The molecule has 1 aromatic carbocycles. The minimum atomic E-state index is -3.39. The van der Waals surface area contributed by atoms with E-state index >= 15 is 0 Å². The smallest absolute Gasteiger partial charge is 0.256 e. The van der Waals surface area contributed by atoms with E-state index in [9.17, 15) is 18.0 Å². The first-order chi connectivity index (χ1) is 13.1. The van der Waals surface area contributed by atoms with Crippen LogP contribution in [0.4, 0.5) is 5.00 Å². The number of carbonyl (C=O) groups is 2. The topological polar surface area (TPSA) is 106 Å². The van der Waals surface area contributed by atoms with Crippen LogP contribution in [0.2, 0.25) is 0 Å². The van der Waals surface area contributed by atoms with Crippen LogP contribution >= 0.6 is 11.3 Å². The van der Waals surface area contributed by atoms with E-state index in [2.05, 4.69) is 12.2 Å². The fourth-order valence-electron chi connectivity index (χ4n) is 3.34. The predicted molar refractivity (Wildman–Crippen MR) is 111 cm³/mol. The van der Waals surface area contributed by atoms with Crippen molar-refractivity contribution in [2.24, 2.45) is 11.7 Å². The highest BCUT2D eigenvalue weighted by Crippen LogP contribution is 2.39. The van der Waals surface area contributed by atoms with Crippen molar-refractivity contribution in [2.75, 3.05) is 5.32 Å². The first-order valence-corrected chi connectivity index (χ1v) is 11.6. The predicted octanol–water partition coefficient (Wildman–Crippen LogP) is 3.41. The maximum absolute atomic E-state index is 12.7. The van der Waals surface area contributed by atoms with Crippen LogP contribution in [0.1, 0.15) is 58.3 Å². The van der Waals surface area contributed by atoms with E-state index in [0.29, 0.717) is 22.0 Å². The number of nitrogens with one attached hydrogen (secondary N) is 1. The zero-order chi connectivity index (χ0) is 20.6. The van der Waals surface area contributed by atoms with E-state index in [-0.39, 0.29) is 4.90 Å². The Morgan fingerprint density at radius 3 is 2.43 bits per heavy atom. The monoisotopic (exact) mass is 420 g/mol. The normalized spacial score (nSPS) is 16.6. The molecule has 0 bridgehead atoms. The molecule has 3 rings (SSSR count). The molecule has 1 heterocycles. The van der Waals surface area contributed by atoms with Crippen LogP contribution in [0.5, 0.6) is 0 Å². The molecule has 6 nitrogen and oxygen atoms in total. The van der Waals surface area contributed by atoms with Crippen molar-refractivity contribution in [1.82, 2.24) is 0 Å². The van der Waals surface area contributed by atoms with E-state index in [1.165, 1.54) is 35.6 Å². The number of fused-ring (bicyclic) bond motifs is 1. The second-order valence-corrected chi connectivity index (χ2v) is 11.1. The molecule has 0 saturated carbocycles. The second-order valence-electron chi connectivity index (χ2n) is 7.49. The summed E-state index contributed by atoms with van der Waals surface area (Å²) in [6, 6.07) is 5.81. The van der Waals surface area contributed by atoms with Gasteiger partial charge in [-0.3, -0.25) is 9.59 Å². The lowest BCUT2D eigenvalue weighted by molar-refractivity contribution is 0.1000. The van der Waals surface area contributed by atoms with Gasteiger partial charge in [0.15, 0.2) is 9.84 Å². The van der Waals surface area contributed by atoms with Crippen LogP contribution in [0.25, 0.3) is 0 Å². The maximum atomic E-state index is 12.7. The molecule has 0 radical (unpaired) electrons. The van der Waals surface area contributed by atoms with Crippen LogP contribution in [-0.2, 0) is 22.7 Å². The molecule has 2 amide bonds. The fraction of sp³-hybridized carbons (Fsp3) is 0.400. The van der Waals surface area contributed by atoms with E-state index in [1.54, 1.807) is 13.8 Å². The first kappa shape index (κ1) is 20.5. The van der Waals surface area contributed by atoms with Crippen LogP contribution in [0, 0.1) is 5.92 Å². The number of hydrogen-bond acceptors (Lipinski definition) is 5. The van der Waals surface area contributed by atoms with Gasteiger partial charge < -0.3 is 11.1 Å². The Labute approximate surface area is 169 Å². The van der Waals surface area contributed by atoms with Crippen molar-refractivity contribution in [2.45, 2.75) is 50.2 Å². The Morgan fingerprint density at radius 1 is 1.21 bits per heavy atom. The van der Waals surface area contributed by atoms with Crippen LogP contribution in [0.3, 0.4) is 0 Å². The number of carbonyl (C=O) groups excluding carboxylic acids is 2. The van der Waals surface area contributed by atoms with Gasteiger partial charge in [0.1, 0.15) is 5.00 Å². The zero-order valence-corrected chi connectivity index (χ0v) is 17.7. The summed E-state index contributed by atoms with van der Waals surface area (Å²) >= 11 is 1.40. The zero-order valence-electron chi connectivity index (χ0n) is 16.1. The summed E-state index contributed by atoms with van der Waals surface area (Å²) in [6.45, 7) is 5.39. The highest BCUT2D eigenvalue weighted by Gasteiger charge is 2.27. The van der Waals surface area contributed by atoms with Gasteiger partial charge in [-0.05, 0) is 68.9 Å². The summed E-state index contributed by atoms with van der Waals surface area (Å²) < 4.78 is 24.4. The van der Waals surface area contributed by atoms with Crippen molar-refractivity contribution in [1.29, 1.82) is 0 Å². The van der Waals surface area contributed by atoms with Crippen LogP contribution < -0.4 is 11.1 Å². The molecule has 150 valence electrons. The summed E-state index contributed by atoms with van der Waals surface area (Å²) in [5, 5.41) is 2.72. The molecule has 0 fully saturated rings. The summed E-state index contributed by atoms with van der Waals surface area (Å²) in [5.74, 6) is -0.408. The molecule has 28 heavy (non-hydrogen) atoms. The van der Waals surface area contributed by atoms with Gasteiger partial charge in [-0.1, -0.05) is 6.92 Å². The summed E-state index contributed by atoms with van der Waals surface area (Å²) in [6.07, 6.45) is 2.64. The number of hydrogen-bond donors (Lipinski definition) is 2. The summed E-state index contributed by atoms with van der Waals surface area (Å²) in [7, 11) is -3.39. The molecule has 3 N–H and O–H groups in total. The molecule has 8 heteroatoms. The van der Waals surface area contributed by atoms with E-state index < -0.39 is 26.9 Å². The lowest BCUT2D eigenvalue weighted by atomic mass is 9.88. The third-order valence-electron chi connectivity index (χ3n) is 5.05. The number of amides is 2. The van der Waals surface area contributed by atoms with Crippen molar-refractivity contribution in [3.63, 3.8) is 0 Å². The largest absolute Gasteiger partial charge is 0.365 e. The second kappa shape index (κ2) is 7.67. The molecule has 1 aliphatic carbocycles. The Hall–Kier alpha value is -2.19.